The highest BCUT2D eigenvalue weighted by atomic mass is 32.1. The van der Waals surface area contributed by atoms with E-state index in [4.69, 9.17) is 5.11 Å². The average molecular weight is 349 g/mol. The fourth-order valence-electron chi connectivity index (χ4n) is 2.68. The lowest BCUT2D eigenvalue weighted by Gasteiger charge is -2.05. The molecule has 0 fully saturated rings. The molecule has 0 saturated carbocycles. The Kier molecular flexibility index (Phi) is 3.76. The third-order valence-electron chi connectivity index (χ3n) is 3.74. The topological polar surface area (TPSA) is 99.8 Å². The van der Waals surface area contributed by atoms with Crippen LogP contribution < -0.4 is 0 Å². The van der Waals surface area contributed by atoms with E-state index >= 15 is 0 Å². The number of halogens is 1. The fraction of sp³-hybridized carbons (Fsp3) is 0.125. The summed E-state index contributed by atoms with van der Waals surface area (Å²) in [6.07, 6.45) is -0.372. The number of phenolic OH excluding ortho intramolecular Hbond substituents is 1. The molecule has 2 aromatic heterocycles. The van der Waals surface area contributed by atoms with Crippen LogP contribution in [0.4, 0.5) is 4.39 Å². The van der Waals surface area contributed by atoms with Gasteiger partial charge in [-0.3, -0.25) is 14.2 Å². The van der Waals surface area contributed by atoms with Crippen molar-refractivity contribution in [3.8, 4) is 10.8 Å². The number of aromatic hydroxyl groups is 2. The summed E-state index contributed by atoms with van der Waals surface area (Å²) in [6.45, 7) is 1.55. The Morgan fingerprint density at radius 1 is 1.25 bits per heavy atom. The summed E-state index contributed by atoms with van der Waals surface area (Å²) in [4.78, 5) is 24.1. The molecule has 3 N–H and O–H groups in total. The number of rotatable bonds is 3. The van der Waals surface area contributed by atoms with Gasteiger partial charge in [-0.2, -0.15) is 0 Å². The molecule has 2 heterocycles. The van der Waals surface area contributed by atoms with Gasteiger partial charge in [0.2, 0.25) is 0 Å². The molecular formula is C16H12FNO5S. The predicted molar refractivity (Wildman–Crippen MR) is 85.3 cm³/mol. The summed E-state index contributed by atoms with van der Waals surface area (Å²) < 4.78 is 15.0. The number of aliphatic carboxylic acids is 1. The molecule has 3 aromatic rings. The van der Waals surface area contributed by atoms with Gasteiger partial charge in [0.25, 0.3) is 5.91 Å². The molecule has 3 rings (SSSR count). The Labute approximate surface area is 139 Å². The van der Waals surface area contributed by atoms with Gasteiger partial charge in [-0.25, -0.2) is 4.39 Å². The smallest absolute Gasteiger partial charge is 0.307 e. The molecule has 0 unspecified atom stereocenters. The summed E-state index contributed by atoms with van der Waals surface area (Å²) >= 11 is 0.864. The van der Waals surface area contributed by atoms with Crippen LogP contribution in [0.1, 0.15) is 20.9 Å². The Hall–Kier alpha value is -2.87. The summed E-state index contributed by atoms with van der Waals surface area (Å²) in [7, 11) is 0. The molecule has 24 heavy (non-hydrogen) atoms. The van der Waals surface area contributed by atoms with E-state index in [0.29, 0.717) is 16.6 Å². The first-order valence-corrected chi connectivity index (χ1v) is 7.69. The number of hydrogen-bond acceptors (Lipinski definition) is 5. The van der Waals surface area contributed by atoms with Crippen LogP contribution in [0.25, 0.3) is 10.9 Å². The number of fused-ring (bicyclic) bond motifs is 1. The van der Waals surface area contributed by atoms with Crippen LogP contribution >= 0.6 is 11.3 Å². The second-order valence-corrected chi connectivity index (χ2v) is 6.30. The van der Waals surface area contributed by atoms with Crippen molar-refractivity contribution in [2.45, 2.75) is 13.3 Å². The van der Waals surface area contributed by atoms with Gasteiger partial charge in [-0.05, 0) is 30.7 Å². The predicted octanol–water partition coefficient (Wildman–Crippen LogP) is 2.88. The highest BCUT2D eigenvalue weighted by Gasteiger charge is 2.23. The molecule has 8 heteroatoms. The number of carboxylic acids is 1. The first-order chi connectivity index (χ1) is 11.3. The maximum Gasteiger partial charge on any atom is 0.307 e. The van der Waals surface area contributed by atoms with Gasteiger partial charge in [0.15, 0.2) is 16.6 Å². The van der Waals surface area contributed by atoms with Gasteiger partial charge in [0.05, 0.1) is 16.8 Å². The second-order valence-electron chi connectivity index (χ2n) is 5.23. The summed E-state index contributed by atoms with van der Waals surface area (Å²) in [5.74, 6) is -3.15. The van der Waals surface area contributed by atoms with Crippen molar-refractivity contribution in [3.63, 3.8) is 0 Å². The lowest BCUT2D eigenvalue weighted by Crippen LogP contribution is -2.13. The lowest BCUT2D eigenvalue weighted by atomic mass is 10.1. The molecule has 0 bridgehead atoms. The molecule has 0 amide bonds. The van der Waals surface area contributed by atoms with Crippen molar-refractivity contribution in [2.75, 3.05) is 0 Å². The lowest BCUT2D eigenvalue weighted by molar-refractivity contribution is -0.136. The molecule has 0 aliphatic rings. The van der Waals surface area contributed by atoms with E-state index in [1.165, 1.54) is 16.7 Å². The van der Waals surface area contributed by atoms with E-state index in [9.17, 15) is 24.2 Å². The standard InChI is InChI=1S/C16H12FNO5S/c1-7-8(5-14(20)21)9-4-12(19)10(17)6-11(9)18(7)16(23)13-2-3-15(22)24-13/h2-4,6,19,22H,5H2,1H3,(H,20,21). The molecule has 124 valence electrons. The van der Waals surface area contributed by atoms with Gasteiger partial charge in [-0.15, -0.1) is 0 Å². The zero-order valence-electron chi connectivity index (χ0n) is 12.4. The van der Waals surface area contributed by atoms with Crippen LogP contribution in [-0.4, -0.2) is 31.8 Å². The van der Waals surface area contributed by atoms with Crippen LogP contribution in [0.15, 0.2) is 24.3 Å². The largest absolute Gasteiger partial charge is 0.505 e. The minimum Gasteiger partial charge on any atom is -0.505 e. The fourth-order valence-corrected chi connectivity index (χ4v) is 3.35. The number of hydrogen-bond donors (Lipinski definition) is 3. The SMILES string of the molecule is Cc1c(CC(=O)O)c2cc(O)c(F)cc2n1C(=O)c1ccc(O)s1. The van der Waals surface area contributed by atoms with E-state index in [0.717, 1.165) is 23.5 Å². The minimum absolute atomic E-state index is 0.0398. The third kappa shape index (κ3) is 2.50. The third-order valence-corrected chi connectivity index (χ3v) is 4.61. The quantitative estimate of drug-likeness (QED) is 0.675. The highest BCUT2D eigenvalue weighted by molar-refractivity contribution is 7.15. The Balaban J connectivity index is 2.30. The monoisotopic (exact) mass is 349 g/mol. The highest BCUT2D eigenvalue weighted by Crippen LogP contribution is 2.33. The summed E-state index contributed by atoms with van der Waals surface area (Å²) in [6, 6.07) is 4.91. The number of aromatic nitrogens is 1. The zero-order chi connectivity index (χ0) is 17.6. The van der Waals surface area contributed by atoms with Gasteiger partial charge in [0, 0.05) is 17.1 Å². The van der Waals surface area contributed by atoms with Crippen molar-refractivity contribution in [3.05, 3.63) is 46.2 Å². The maximum absolute atomic E-state index is 13.8. The molecule has 1 aromatic carbocycles. The Morgan fingerprint density at radius 3 is 2.54 bits per heavy atom. The van der Waals surface area contributed by atoms with Crippen LogP contribution in [-0.2, 0) is 11.2 Å². The first kappa shape index (κ1) is 16.0. The van der Waals surface area contributed by atoms with Gasteiger partial charge in [0.1, 0.15) is 0 Å². The van der Waals surface area contributed by atoms with Gasteiger partial charge >= 0.3 is 5.97 Å². The Morgan fingerprint density at radius 2 is 1.96 bits per heavy atom. The molecule has 0 spiro atoms. The van der Waals surface area contributed by atoms with E-state index in [2.05, 4.69) is 0 Å². The minimum atomic E-state index is -1.11. The number of carboxylic acid groups (broad SMARTS) is 1. The van der Waals surface area contributed by atoms with Crippen LogP contribution in [0.5, 0.6) is 10.8 Å². The van der Waals surface area contributed by atoms with Crippen LogP contribution in [0, 0.1) is 12.7 Å². The van der Waals surface area contributed by atoms with Crippen LogP contribution in [0.3, 0.4) is 0 Å². The average Bonchev–Trinajstić information content (AvgIpc) is 3.03. The van der Waals surface area contributed by atoms with E-state index in [1.807, 2.05) is 0 Å². The van der Waals surface area contributed by atoms with Crippen molar-refractivity contribution in [1.29, 1.82) is 0 Å². The van der Waals surface area contributed by atoms with Crippen molar-refractivity contribution in [1.82, 2.24) is 4.57 Å². The number of carbonyl (C=O) groups is 2. The number of benzene rings is 1. The van der Waals surface area contributed by atoms with E-state index in [-0.39, 0.29) is 21.9 Å². The zero-order valence-corrected chi connectivity index (χ0v) is 13.2. The summed E-state index contributed by atoms with van der Waals surface area (Å²) in [5.41, 5.74) is 0.828. The molecule has 0 saturated heterocycles. The molecular weight excluding hydrogens is 337 g/mol. The molecule has 0 aliphatic heterocycles. The molecule has 6 nitrogen and oxygen atoms in total. The molecule has 0 aliphatic carbocycles. The summed E-state index contributed by atoms with van der Waals surface area (Å²) in [5, 5.41) is 28.3. The van der Waals surface area contributed by atoms with Gasteiger partial charge in [-0.1, -0.05) is 11.3 Å². The van der Waals surface area contributed by atoms with E-state index < -0.39 is 23.4 Å². The normalized spacial score (nSPS) is 11.1. The second kappa shape index (κ2) is 5.64. The number of phenols is 1. The van der Waals surface area contributed by atoms with Crippen molar-refractivity contribution >= 4 is 34.1 Å². The number of thiophene rings is 1. The maximum atomic E-state index is 13.8. The van der Waals surface area contributed by atoms with Crippen molar-refractivity contribution < 1.29 is 29.3 Å². The van der Waals surface area contributed by atoms with Crippen LogP contribution in [0.2, 0.25) is 0 Å². The molecule has 0 atom stereocenters. The van der Waals surface area contributed by atoms with E-state index in [1.54, 1.807) is 6.92 Å². The Bertz CT molecular complexity index is 988. The first-order valence-electron chi connectivity index (χ1n) is 6.87. The van der Waals surface area contributed by atoms with Crippen molar-refractivity contribution in [2.24, 2.45) is 0 Å². The number of carbonyl (C=O) groups excluding carboxylic acids is 1. The van der Waals surface area contributed by atoms with Gasteiger partial charge < -0.3 is 15.3 Å². The number of nitrogens with zero attached hydrogens (tertiary/aromatic N) is 1. The molecule has 0 radical (unpaired) electrons.